The molecule has 5 nitrogen and oxygen atoms in total. The van der Waals surface area contributed by atoms with E-state index in [1.807, 2.05) is 0 Å². The molecule has 1 aliphatic heterocycles. The van der Waals surface area contributed by atoms with E-state index in [0.29, 0.717) is 24.7 Å². The van der Waals surface area contributed by atoms with Crippen LogP contribution in [0.3, 0.4) is 0 Å². The zero-order chi connectivity index (χ0) is 16.8. The molecule has 2 N–H and O–H groups in total. The van der Waals surface area contributed by atoms with Crippen LogP contribution in [-0.2, 0) is 4.79 Å². The van der Waals surface area contributed by atoms with Crippen LogP contribution >= 0.6 is 0 Å². The highest BCUT2D eigenvalue weighted by atomic mass is 19.1. The van der Waals surface area contributed by atoms with Gasteiger partial charge in [0.25, 0.3) is 5.91 Å². The number of nitrogens with one attached hydrogen (secondary N) is 2. The molecule has 0 unspecified atom stereocenters. The molecule has 0 radical (unpaired) electrons. The Hall–Kier alpha value is -1.95. The van der Waals surface area contributed by atoms with Crippen molar-refractivity contribution in [3.05, 3.63) is 29.6 Å². The average molecular weight is 321 g/mol. The molecule has 1 aromatic carbocycles. The number of amides is 2. The largest absolute Gasteiger partial charge is 0.339 e. The van der Waals surface area contributed by atoms with E-state index < -0.39 is 5.82 Å². The van der Waals surface area contributed by atoms with Gasteiger partial charge in [-0.1, -0.05) is 6.92 Å². The summed E-state index contributed by atoms with van der Waals surface area (Å²) in [5.74, 6) is -0.552. The predicted molar refractivity (Wildman–Crippen MR) is 87.9 cm³/mol. The number of carbonyl (C=O) groups is 2. The highest BCUT2D eigenvalue weighted by Gasteiger charge is 2.25. The van der Waals surface area contributed by atoms with Gasteiger partial charge in [-0.2, -0.15) is 0 Å². The van der Waals surface area contributed by atoms with Gasteiger partial charge in [0.15, 0.2) is 0 Å². The monoisotopic (exact) mass is 321 g/mol. The van der Waals surface area contributed by atoms with Crippen LogP contribution in [0.15, 0.2) is 18.2 Å². The summed E-state index contributed by atoms with van der Waals surface area (Å²) in [6, 6.07) is 4.08. The standard InChI is InChI=1S/C17H24FN3O2/c1-3-19-11-13-6-8-21(9-7-13)17(23)15-10-14(20-12(2)22)4-5-16(15)18/h4-5,10,13,19H,3,6-9,11H2,1-2H3,(H,20,22). The Morgan fingerprint density at radius 1 is 1.30 bits per heavy atom. The molecule has 1 fully saturated rings. The van der Waals surface area contributed by atoms with Crippen molar-refractivity contribution in [3.8, 4) is 0 Å². The second-order valence-corrected chi connectivity index (χ2v) is 5.92. The number of piperidine rings is 1. The van der Waals surface area contributed by atoms with Crippen molar-refractivity contribution in [1.29, 1.82) is 0 Å². The van der Waals surface area contributed by atoms with E-state index in [4.69, 9.17) is 0 Å². The van der Waals surface area contributed by atoms with Crippen LogP contribution in [0.1, 0.15) is 37.0 Å². The number of likely N-dealkylation sites (tertiary alicyclic amines) is 1. The number of halogens is 1. The zero-order valence-corrected chi connectivity index (χ0v) is 13.7. The average Bonchev–Trinajstić information content (AvgIpc) is 2.54. The van der Waals surface area contributed by atoms with Gasteiger partial charge in [0, 0.05) is 25.7 Å². The van der Waals surface area contributed by atoms with E-state index in [0.717, 1.165) is 25.9 Å². The van der Waals surface area contributed by atoms with Gasteiger partial charge in [-0.3, -0.25) is 9.59 Å². The first-order chi connectivity index (χ1) is 11.0. The van der Waals surface area contributed by atoms with Gasteiger partial charge < -0.3 is 15.5 Å². The fraction of sp³-hybridized carbons (Fsp3) is 0.529. The molecule has 1 aromatic rings. The minimum Gasteiger partial charge on any atom is -0.339 e. The topological polar surface area (TPSA) is 61.4 Å². The maximum absolute atomic E-state index is 14.0. The van der Waals surface area contributed by atoms with Crippen LogP contribution in [0.5, 0.6) is 0 Å². The number of carbonyl (C=O) groups excluding carboxylic acids is 2. The fourth-order valence-electron chi connectivity index (χ4n) is 2.83. The highest BCUT2D eigenvalue weighted by Crippen LogP contribution is 2.21. The summed E-state index contributed by atoms with van der Waals surface area (Å²) in [5, 5.41) is 5.90. The summed E-state index contributed by atoms with van der Waals surface area (Å²) in [6.45, 7) is 6.63. The first kappa shape index (κ1) is 17.4. The lowest BCUT2D eigenvalue weighted by molar-refractivity contribution is -0.114. The van der Waals surface area contributed by atoms with E-state index in [1.165, 1.54) is 25.1 Å². The number of hydrogen-bond donors (Lipinski definition) is 2. The molecule has 0 saturated carbocycles. The van der Waals surface area contributed by atoms with E-state index >= 15 is 0 Å². The predicted octanol–water partition coefficient (Wildman–Crippen LogP) is 2.25. The SMILES string of the molecule is CCNCC1CCN(C(=O)c2cc(NC(C)=O)ccc2F)CC1. The maximum Gasteiger partial charge on any atom is 0.256 e. The molecule has 126 valence electrons. The number of anilines is 1. The Balaban J connectivity index is 2.02. The van der Waals surface area contributed by atoms with Gasteiger partial charge in [0.1, 0.15) is 5.82 Å². The lowest BCUT2D eigenvalue weighted by atomic mass is 9.96. The van der Waals surface area contributed by atoms with Crippen molar-refractivity contribution in [2.45, 2.75) is 26.7 Å². The molecule has 0 spiro atoms. The van der Waals surface area contributed by atoms with Gasteiger partial charge in [-0.05, 0) is 50.0 Å². The molecule has 1 saturated heterocycles. The number of rotatable bonds is 5. The smallest absolute Gasteiger partial charge is 0.256 e. The van der Waals surface area contributed by atoms with Crippen molar-refractivity contribution in [3.63, 3.8) is 0 Å². The van der Waals surface area contributed by atoms with Crippen LogP contribution in [0.4, 0.5) is 10.1 Å². The van der Waals surface area contributed by atoms with Crippen molar-refractivity contribution >= 4 is 17.5 Å². The van der Waals surface area contributed by atoms with Crippen LogP contribution in [0.25, 0.3) is 0 Å². The molecular weight excluding hydrogens is 297 g/mol. The van der Waals surface area contributed by atoms with Crippen LogP contribution < -0.4 is 10.6 Å². The normalized spacial score (nSPS) is 15.5. The summed E-state index contributed by atoms with van der Waals surface area (Å²) in [6.07, 6.45) is 1.84. The Bertz CT molecular complexity index is 569. The summed E-state index contributed by atoms with van der Waals surface area (Å²) in [4.78, 5) is 25.3. The van der Waals surface area contributed by atoms with E-state index in [-0.39, 0.29) is 17.4 Å². The van der Waals surface area contributed by atoms with Crippen LogP contribution in [-0.4, -0.2) is 42.9 Å². The number of benzene rings is 1. The van der Waals surface area contributed by atoms with Gasteiger partial charge in [-0.25, -0.2) is 4.39 Å². The van der Waals surface area contributed by atoms with Crippen molar-refractivity contribution in [1.82, 2.24) is 10.2 Å². The quantitative estimate of drug-likeness (QED) is 0.874. The summed E-state index contributed by atoms with van der Waals surface area (Å²) in [7, 11) is 0. The van der Waals surface area contributed by atoms with Crippen LogP contribution in [0.2, 0.25) is 0 Å². The van der Waals surface area contributed by atoms with Gasteiger partial charge in [0.2, 0.25) is 5.91 Å². The van der Waals surface area contributed by atoms with Gasteiger partial charge in [-0.15, -0.1) is 0 Å². The van der Waals surface area contributed by atoms with Crippen molar-refractivity contribution in [2.24, 2.45) is 5.92 Å². The lowest BCUT2D eigenvalue weighted by Gasteiger charge is -2.32. The van der Waals surface area contributed by atoms with Gasteiger partial charge >= 0.3 is 0 Å². The second-order valence-electron chi connectivity index (χ2n) is 5.92. The second kappa shape index (κ2) is 8.06. The highest BCUT2D eigenvalue weighted by molar-refractivity contribution is 5.97. The zero-order valence-electron chi connectivity index (χ0n) is 13.7. The van der Waals surface area contributed by atoms with Crippen LogP contribution in [0, 0.1) is 11.7 Å². The van der Waals surface area contributed by atoms with E-state index in [9.17, 15) is 14.0 Å². The van der Waals surface area contributed by atoms with Gasteiger partial charge in [0.05, 0.1) is 5.56 Å². The Labute approximate surface area is 136 Å². The number of hydrogen-bond acceptors (Lipinski definition) is 3. The summed E-state index contributed by atoms with van der Waals surface area (Å²) < 4.78 is 14.0. The van der Waals surface area contributed by atoms with Crippen molar-refractivity contribution < 1.29 is 14.0 Å². The molecule has 2 amide bonds. The minimum absolute atomic E-state index is 0.0152. The Kier molecular flexibility index (Phi) is 6.10. The molecule has 1 heterocycles. The third kappa shape index (κ3) is 4.76. The lowest BCUT2D eigenvalue weighted by Crippen LogP contribution is -2.41. The molecule has 0 bridgehead atoms. The number of nitrogens with zero attached hydrogens (tertiary/aromatic N) is 1. The Morgan fingerprint density at radius 3 is 2.61 bits per heavy atom. The summed E-state index contributed by atoms with van der Waals surface area (Å²) in [5.41, 5.74) is 0.450. The maximum atomic E-state index is 14.0. The van der Waals surface area contributed by atoms with Crippen molar-refractivity contribution in [2.75, 3.05) is 31.5 Å². The summed E-state index contributed by atoms with van der Waals surface area (Å²) >= 11 is 0. The third-order valence-electron chi connectivity index (χ3n) is 4.10. The molecule has 23 heavy (non-hydrogen) atoms. The fourth-order valence-corrected chi connectivity index (χ4v) is 2.83. The molecule has 6 heteroatoms. The molecule has 1 aliphatic rings. The molecule has 0 aliphatic carbocycles. The first-order valence-corrected chi connectivity index (χ1v) is 8.08. The molecule has 0 aromatic heterocycles. The molecular formula is C17H24FN3O2. The third-order valence-corrected chi connectivity index (χ3v) is 4.10. The minimum atomic E-state index is -0.557. The van der Waals surface area contributed by atoms with E-state index in [2.05, 4.69) is 17.6 Å². The Morgan fingerprint density at radius 2 is 2.00 bits per heavy atom. The molecule has 2 rings (SSSR count). The first-order valence-electron chi connectivity index (χ1n) is 8.08. The van der Waals surface area contributed by atoms with E-state index in [1.54, 1.807) is 4.90 Å². The molecule has 0 atom stereocenters.